The Bertz CT molecular complexity index is 2870. The number of carbonyl (C=O) groups is 5. The number of carbonyl (C=O) groups excluding carboxylic acids is 5. The van der Waals surface area contributed by atoms with Crippen molar-refractivity contribution in [2.24, 2.45) is 5.73 Å². The summed E-state index contributed by atoms with van der Waals surface area (Å²) in [5, 5.41) is 26.7. The highest BCUT2D eigenvalue weighted by Gasteiger charge is 2.58. The quantitative estimate of drug-likeness (QED) is 0.0556. The third-order valence-electron chi connectivity index (χ3n) is 14.0. The van der Waals surface area contributed by atoms with Crippen LogP contribution in [0.3, 0.4) is 0 Å². The molecule has 0 aliphatic carbocycles. The van der Waals surface area contributed by atoms with E-state index in [9.17, 15) is 19.5 Å². The number of ether oxygens (including phenoxy) is 4. The second kappa shape index (κ2) is 23.0. The first kappa shape index (κ1) is 52.4. The number of fused-ring (bicyclic) bond motifs is 4. The number of nitrogens with two attached hydrogens (primary N) is 1. The molecule has 8 N–H and O–H groups in total. The van der Waals surface area contributed by atoms with Gasteiger partial charge in [-0.05, 0) is 97.3 Å². The number of hydrogen-bond donors (Lipinski definition) is 7. The zero-order chi connectivity index (χ0) is 52.7. The Morgan fingerprint density at radius 3 is 1.71 bits per heavy atom. The average Bonchev–Trinajstić information content (AvgIpc) is 3.91. The maximum atomic E-state index is 15.5. The van der Waals surface area contributed by atoms with Gasteiger partial charge in [-0.25, -0.2) is 0 Å². The molecule has 0 spiro atoms. The summed E-state index contributed by atoms with van der Waals surface area (Å²) in [6.07, 6.45) is -3.80. The van der Waals surface area contributed by atoms with Gasteiger partial charge in [0.2, 0.25) is 23.6 Å². The number of hydrogen-bond acceptors (Lipinski definition) is 11. The van der Waals surface area contributed by atoms with Crippen LogP contribution in [0.1, 0.15) is 67.9 Å². The number of nitrogens with one attached hydrogen (secondary N) is 5. The van der Waals surface area contributed by atoms with Crippen LogP contribution < -0.4 is 32.3 Å². The lowest BCUT2D eigenvalue weighted by Crippen LogP contribution is -2.64. The van der Waals surface area contributed by atoms with Crippen LogP contribution in [0.25, 0.3) is 10.8 Å². The van der Waals surface area contributed by atoms with Crippen LogP contribution in [0, 0.1) is 0 Å². The molecule has 6 aromatic rings. The number of rotatable bonds is 14. The molecule has 16 nitrogen and oxygen atoms in total. The molecule has 0 saturated carbocycles. The zero-order valence-corrected chi connectivity index (χ0v) is 42.1. The Labute approximate surface area is 436 Å². The maximum absolute atomic E-state index is 15.5. The first-order valence-electron chi connectivity index (χ1n) is 25.5. The molecule has 3 saturated heterocycles. The number of unbranched alkanes of at least 4 members (excludes halogenated alkanes) is 1. The predicted octanol–water partition coefficient (Wildman–Crippen LogP) is 5.17. The van der Waals surface area contributed by atoms with Crippen molar-refractivity contribution >= 4 is 40.3 Å². The van der Waals surface area contributed by atoms with Gasteiger partial charge in [0.15, 0.2) is 18.2 Å². The van der Waals surface area contributed by atoms with E-state index in [4.69, 9.17) is 24.7 Å². The molecule has 5 amide bonds. The summed E-state index contributed by atoms with van der Waals surface area (Å²) in [6, 6.07) is 41.8. The van der Waals surface area contributed by atoms with Gasteiger partial charge in [0, 0.05) is 12.8 Å². The second-order valence-corrected chi connectivity index (χ2v) is 19.9. The summed E-state index contributed by atoms with van der Waals surface area (Å²) in [6.45, 7) is 5.38. The maximum Gasteiger partial charge on any atom is 0.252 e. The molecule has 3 fully saturated rings. The van der Waals surface area contributed by atoms with Crippen molar-refractivity contribution in [3.05, 3.63) is 186 Å². The van der Waals surface area contributed by atoms with Crippen LogP contribution in [-0.2, 0) is 61.4 Å². The molecule has 75 heavy (non-hydrogen) atoms. The Morgan fingerprint density at radius 2 is 1.11 bits per heavy atom. The fourth-order valence-electron chi connectivity index (χ4n) is 10.3. The summed E-state index contributed by atoms with van der Waals surface area (Å²) in [5.74, 6) is -4.84. The van der Waals surface area contributed by atoms with E-state index in [2.05, 4.69) is 26.6 Å². The van der Waals surface area contributed by atoms with Gasteiger partial charge in [-0.2, -0.15) is 0 Å². The SMILES string of the molecule is CC(OC(c1ccccc1)(c1ccccc1)c1ccccc1)C1NC(=O)C(CCCCN)NC(=O)C(Cc2ccc3ccccc3c2)NC(=O)C(Cc2ccc(O)cc2)NC(=O)C2OC3OC(C)(C)OC3C2NC1=O. The molecule has 16 heteroatoms. The van der Waals surface area contributed by atoms with Gasteiger partial charge in [-0.1, -0.05) is 146 Å². The smallest absolute Gasteiger partial charge is 0.252 e. The monoisotopic (exact) mass is 1020 g/mol. The van der Waals surface area contributed by atoms with Crippen molar-refractivity contribution < 1.29 is 48.0 Å². The van der Waals surface area contributed by atoms with Crippen molar-refractivity contribution in [1.29, 1.82) is 0 Å². The molecule has 9 rings (SSSR count). The summed E-state index contributed by atoms with van der Waals surface area (Å²) in [7, 11) is 0. The number of benzene rings is 6. The summed E-state index contributed by atoms with van der Waals surface area (Å²) >= 11 is 0. The van der Waals surface area contributed by atoms with Crippen LogP contribution in [0.4, 0.5) is 0 Å². The molecule has 0 aromatic heterocycles. The van der Waals surface area contributed by atoms with E-state index in [0.29, 0.717) is 30.5 Å². The normalized spacial score (nSPS) is 24.7. The highest BCUT2D eigenvalue weighted by Crippen LogP contribution is 2.42. The third-order valence-corrected chi connectivity index (χ3v) is 14.0. The van der Waals surface area contributed by atoms with Crippen LogP contribution in [0.5, 0.6) is 5.75 Å². The van der Waals surface area contributed by atoms with Crippen molar-refractivity contribution in [2.75, 3.05) is 6.54 Å². The lowest BCUT2D eigenvalue weighted by Gasteiger charge is -2.40. The molecule has 9 unspecified atom stereocenters. The number of phenolic OH excluding ortho intramolecular Hbond substituents is 1. The Kier molecular flexibility index (Phi) is 16.0. The zero-order valence-electron chi connectivity index (χ0n) is 42.1. The van der Waals surface area contributed by atoms with Gasteiger partial charge < -0.3 is 56.4 Å². The van der Waals surface area contributed by atoms with E-state index in [1.165, 1.54) is 12.1 Å². The fraction of sp³-hybridized carbons (Fsp3) is 0.339. The summed E-state index contributed by atoms with van der Waals surface area (Å²) < 4.78 is 26.1. The van der Waals surface area contributed by atoms with Crippen molar-refractivity contribution in [1.82, 2.24) is 26.6 Å². The van der Waals surface area contributed by atoms with Crippen molar-refractivity contribution in [2.45, 2.75) is 119 Å². The van der Waals surface area contributed by atoms with Gasteiger partial charge in [0.05, 0.1) is 12.1 Å². The predicted molar refractivity (Wildman–Crippen MR) is 280 cm³/mol. The molecule has 0 bridgehead atoms. The molecular weight excluding hydrogens is 953 g/mol. The standard InChI is InChI=1S/C59H64N6O10/c1-36(73-59(41-19-7-4-8-20-41,42-21-9-5-10-22-42)43-23-11-6-12-24-43)48-55(70)65-49-50(72-57-51(49)74-58(2,3)75-57)56(71)63-46(34-37-27-30-44(66)31-28-37)54(69)62-47(35-38-26-29-39-17-13-14-18-40(39)33-38)53(68)61-45(52(67)64-48)25-15-16-32-60/h4-14,17-24,26-31,33,36,45-51,57,66H,15-16,25,32,34-35,60H2,1-3H3,(H,61,68)(H,62,69)(H,63,71)(H,64,67)(H,65,70). The number of phenols is 1. The van der Waals surface area contributed by atoms with Crippen molar-refractivity contribution in [3.63, 3.8) is 0 Å². The van der Waals surface area contributed by atoms with Crippen LogP contribution in [0.2, 0.25) is 0 Å². The van der Waals surface area contributed by atoms with Crippen LogP contribution in [0.15, 0.2) is 158 Å². The van der Waals surface area contributed by atoms with Gasteiger partial charge in [0.25, 0.3) is 5.91 Å². The van der Waals surface area contributed by atoms with E-state index >= 15 is 9.59 Å². The third kappa shape index (κ3) is 11.9. The lowest BCUT2D eigenvalue weighted by molar-refractivity contribution is -0.208. The van der Waals surface area contributed by atoms with Crippen LogP contribution >= 0.6 is 0 Å². The van der Waals surface area contributed by atoms with Gasteiger partial charge in [-0.15, -0.1) is 0 Å². The molecule has 3 aliphatic rings. The Morgan fingerprint density at radius 1 is 0.587 bits per heavy atom. The number of aromatic hydroxyl groups is 1. The Balaban J connectivity index is 1.15. The van der Waals surface area contributed by atoms with E-state index in [1.807, 2.05) is 133 Å². The molecule has 3 heterocycles. The molecule has 0 radical (unpaired) electrons. The Hall–Kier alpha value is -7.47. The highest BCUT2D eigenvalue weighted by atomic mass is 16.8. The van der Waals surface area contributed by atoms with Crippen LogP contribution in [-0.4, -0.2) is 102 Å². The van der Waals surface area contributed by atoms with Gasteiger partial charge >= 0.3 is 0 Å². The first-order chi connectivity index (χ1) is 36.2. The summed E-state index contributed by atoms with van der Waals surface area (Å²) in [5.41, 5.74) is 8.11. The lowest BCUT2D eigenvalue weighted by atomic mass is 9.79. The largest absolute Gasteiger partial charge is 0.508 e. The molecular formula is C59H64N6O10. The second-order valence-electron chi connectivity index (χ2n) is 19.9. The fourth-order valence-corrected chi connectivity index (χ4v) is 10.3. The average molecular weight is 1020 g/mol. The van der Waals surface area contributed by atoms with Crippen molar-refractivity contribution in [3.8, 4) is 5.75 Å². The first-order valence-corrected chi connectivity index (χ1v) is 25.5. The summed E-state index contributed by atoms with van der Waals surface area (Å²) in [4.78, 5) is 75.2. The number of amides is 5. The van der Waals surface area contributed by atoms with Gasteiger partial charge in [0.1, 0.15) is 41.6 Å². The molecule has 3 aliphatic heterocycles. The minimum Gasteiger partial charge on any atom is -0.508 e. The molecule has 6 aromatic carbocycles. The highest BCUT2D eigenvalue weighted by molar-refractivity contribution is 5.97. The van der Waals surface area contributed by atoms with E-state index in [1.54, 1.807) is 32.9 Å². The minimum absolute atomic E-state index is 0.00119. The molecule has 9 atom stereocenters. The minimum atomic E-state index is -1.50. The molecule has 390 valence electrons. The van der Waals surface area contributed by atoms with E-state index in [-0.39, 0.29) is 25.0 Å². The van der Waals surface area contributed by atoms with Gasteiger partial charge in [-0.3, -0.25) is 24.0 Å². The van der Waals surface area contributed by atoms with E-state index in [0.717, 1.165) is 27.5 Å². The van der Waals surface area contributed by atoms with E-state index < -0.39 is 95.7 Å². The topological polar surface area (TPSA) is 229 Å².